The van der Waals surface area contributed by atoms with E-state index in [4.69, 9.17) is 10.5 Å². The van der Waals surface area contributed by atoms with Gasteiger partial charge >= 0.3 is 6.18 Å². The largest absolute Gasteiger partial charge is 0.490 e. The highest BCUT2D eigenvalue weighted by molar-refractivity contribution is 8.00. The number of hydrogen-bond donors (Lipinski definition) is 2. The summed E-state index contributed by atoms with van der Waals surface area (Å²) in [4.78, 5) is 25.4. The Bertz CT molecular complexity index is 1750. The number of aliphatic imine (C=N–C) groups is 1. The molecule has 0 saturated carbocycles. The molecule has 7 rings (SSSR count). The van der Waals surface area contributed by atoms with Crippen molar-refractivity contribution in [1.29, 1.82) is 0 Å². The van der Waals surface area contributed by atoms with Gasteiger partial charge in [0.25, 0.3) is 0 Å². The van der Waals surface area contributed by atoms with Gasteiger partial charge in [0.05, 0.1) is 28.1 Å². The number of thioether (sulfide) groups is 1. The number of carbonyl (C=O) groups is 1. The third-order valence-corrected chi connectivity index (χ3v) is 10.9. The van der Waals surface area contributed by atoms with Crippen molar-refractivity contribution in [2.24, 2.45) is 10.4 Å². The number of nitrogen functional groups attached to an aromatic ring is 1. The fourth-order valence-corrected chi connectivity index (χ4v) is 8.10. The molecule has 4 aliphatic rings. The van der Waals surface area contributed by atoms with Crippen molar-refractivity contribution in [2.75, 3.05) is 61.5 Å². The lowest BCUT2D eigenvalue weighted by atomic mass is 9.90. The molecule has 2 aromatic carbocycles. The maximum atomic E-state index is 15.7. The van der Waals surface area contributed by atoms with Gasteiger partial charge < -0.3 is 30.3 Å². The molecule has 2 saturated heterocycles. The summed E-state index contributed by atoms with van der Waals surface area (Å²) in [6, 6.07) is 1.40. The smallest absolute Gasteiger partial charge is 0.417 e. The number of piperazine rings is 1. The van der Waals surface area contributed by atoms with E-state index in [0.717, 1.165) is 6.07 Å². The molecule has 16 heteroatoms. The number of aromatic nitrogens is 1. The Morgan fingerprint density at radius 2 is 1.89 bits per heavy atom. The predicted molar refractivity (Wildman–Crippen MR) is 158 cm³/mol. The van der Waals surface area contributed by atoms with Crippen LogP contribution in [0.2, 0.25) is 0 Å². The van der Waals surface area contributed by atoms with Crippen molar-refractivity contribution in [3.05, 3.63) is 47.5 Å². The number of benzene rings is 2. The number of nitrogens with two attached hydrogens (primary N) is 1. The third kappa shape index (κ3) is 4.48. The lowest BCUT2D eigenvalue weighted by Crippen LogP contribution is -2.55. The Labute approximate surface area is 255 Å². The van der Waals surface area contributed by atoms with Crippen LogP contribution >= 0.6 is 23.1 Å². The van der Waals surface area contributed by atoms with Crippen LogP contribution in [0.5, 0.6) is 5.75 Å². The monoisotopic (exact) mass is 652 g/mol. The maximum Gasteiger partial charge on any atom is 0.417 e. The lowest BCUT2D eigenvalue weighted by Gasteiger charge is -2.45. The number of fused-ring (bicyclic) bond motifs is 1. The van der Waals surface area contributed by atoms with Gasteiger partial charge in [-0.15, -0.1) is 0 Å². The molecule has 1 aromatic heterocycles. The minimum absolute atomic E-state index is 0.00675. The second kappa shape index (κ2) is 10.2. The first-order valence-electron chi connectivity index (χ1n) is 13.6. The van der Waals surface area contributed by atoms with E-state index in [0.29, 0.717) is 28.9 Å². The molecule has 9 nitrogen and oxygen atoms in total. The Morgan fingerprint density at radius 3 is 2.52 bits per heavy atom. The van der Waals surface area contributed by atoms with Gasteiger partial charge in [-0.2, -0.15) is 24.9 Å². The van der Waals surface area contributed by atoms with Gasteiger partial charge in [0.2, 0.25) is 12.3 Å². The van der Waals surface area contributed by atoms with Gasteiger partial charge in [-0.3, -0.25) is 4.79 Å². The van der Waals surface area contributed by atoms with E-state index in [1.54, 1.807) is 21.6 Å². The molecule has 4 aliphatic heterocycles. The SMILES string of the molecule is C=CC(=O)N1CCN(C2=NC(O)N3CC4(COc5c(-c6c(F)cc(F)c7sc(N)nc67)c(C(F)(F)F)cc2c53)CSC4)CC1. The Morgan fingerprint density at radius 1 is 1.16 bits per heavy atom. The van der Waals surface area contributed by atoms with Crippen LogP contribution in [-0.4, -0.2) is 88.8 Å². The number of ether oxygens (including phenoxy) is 1. The van der Waals surface area contributed by atoms with E-state index in [2.05, 4.69) is 16.6 Å². The van der Waals surface area contributed by atoms with Crippen molar-refractivity contribution < 1.29 is 36.6 Å². The fraction of sp³-hybridized carbons (Fsp3) is 0.393. The molecule has 44 heavy (non-hydrogen) atoms. The summed E-state index contributed by atoms with van der Waals surface area (Å²) < 4.78 is 81.7. The standard InChI is InChI=1S/C28H25F5N6O3S2/c1-2-17(40)37-3-5-38(6-4-37)24-13-7-14(28(31,32)33)18(19-15(29)8-16(30)23-20(19)35-25(34)44-23)22-21(13)39(26(41)36-24)9-27(10-42-22)11-43-12-27/h2,7-8,26,41H,1,3-6,9-12H2,(H2,34,35). The summed E-state index contributed by atoms with van der Waals surface area (Å²) in [5.74, 6) is -1.47. The maximum absolute atomic E-state index is 15.7. The number of halogens is 5. The molecule has 1 unspecified atom stereocenters. The van der Waals surface area contributed by atoms with E-state index >= 15 is 17.6 Å². The van der Waals surface area contributed by atoms with E-state index in [1.807, 2.05) is 0 Å². The Kier molecular flexibility index (Phi) is 6.75. The van der Waals surface area contributed by atoms with Crippen molar-refractivity contribution in [1.82, 2.24) is 14.8 Å². The number of aliphatic hydroxyl groups excluding tert-OH is 1. The zero-order chi connectivity index (χ0) is 31.1. The number of aliphatic hydroxyl groups is 1. The number of anilines is 2. The van der Waals surface area contributed by atoms with E-state index < -0.39 is 46.3 Å². The first kappa shape index (κ1) is 29.1. The molecule has 3 N–H and O–H groups in total. The van der Waals surface area contributed by atoms with Gasteiger partial charge in [-0.1, -0.05) is 17.9 Å². The molecule has 2 fully saturated rings. The molecular weight excluding hydrogens is 627 g/mol. The van der Waals surface area contributed by atoms with Gasteiger partial charge in [-0.05, 0) is 12.1 Å². The molecule has 3 aromatic rings. The highest BCUT2D eigenvalue weighted by Crippen LogP contribution is 2.55. The van der Waals surface area contributed by atoms with Crippen LogP contribution in [-0.2, 0) is 11.0 Å². The van der Waals surface area contributed by atoms with Crippen molar-refractivity contribution in [2.45, 2.75) is 12.5 Å². The van der Waals surface area contributed by atoms with Gasteiger partial charge in [0.1, 0.15) is 17.5 Å². The van der Waals surface area contributed by atoms with E-state index in [1.165, 1.54) is 11.0 Å². The predicted octanol–water partition coefficient (Wildman–Crippen LogP) is 4.14. The normalized spacial score (nSPS) is 21.0. The van der Waals surface area contributed by atoms with Crippen LogP contribution < -0.4 is 15.4 Å². The van der Waals surface area contributed by atoms with Crippen molar-refractivity contribution >= 4 is 55.9 Å². The number of rotatable bonds is 2. The first-order valence-corrected chi connectivity index (χ1v) is 15.6. The number of carbonyl (C=O) groups excluding carboxylic acids is 1. The van der Waals surface area contributed by atoms with Crippen LogP contribution in [0.4, 0.5) is 32.8 Å². The molecule has 0 bridgehead atoms. The van der Waals surface area contributed by atoms with Gasteiger partial charge in [-0.25, -0.2) is 18.8 Å². The minimum Gasteiger partial charge on any atom is -0.490 e. The van der Waals surface area contributed by atoms with Gasteiger partial charge in [0.15, 0.2) is 10.9 Å². The number of alkyl halides is 3. The number of nitrogens with zero attached hydrogens (tertiary/aromatic N) is 5. The van der Waals surface area contributed by atoms with E-state index in [9.17, 15) is 14.3 Å². The van der Waals surface area contributed by atoms with Crippen LogP contribution in [0.15, 0.2) is 29.8 Å². The van der Waals surface area contributed by atoms with Crippen LogP contribution in [0, 0.1) is 17.0 Å². The second-order valence-electron chi connectivity index (χ2n) is 11.2. The molecular formula is C28H25F5N6O3S2. The van der Waals surface area contributed by atoms with Crippen LogP contribution in [0.25, 0.3) is 21.3 Å². The number of amidine groups is 1. The number of thiazole rings is 1. The topological polar surface area (TPSA) is 108 Å². The molecule has 0 radical (unpaired) electrons. The second-order valence-corrected chi connectivity index (χ2v) is 13.2. The third-order valence-electron chi connectivity index (χ3n) is 8.36. The first-order chi connectivity index (χ1) is 20.9. The Balaban J connectivity index is 1.48. The van der Waals surface area contributed by atoms with Crippen molar-refractivity contribution in [3.63, 3.8) is 0 Å². The quantitative estimate of drug-likeness (QED) is 0.315. The fourth-order valence-electron chi connectivity index (χ4n) is 6.23. The summed E-state index contributed by atoms with van der Waals surface area (Å²) in [6.07, 6.45) is -5.31. The van der Waals surface area contributed by atoms with E-state index in [-0.39, 0.29) is 83.4 Å². The molecule has 1 atom stereocenters. The average molecular weight is 653 g/mol. The molecule has 1 spiro atoms. The summed E-state index contributed by atoms with van der Waals surface area (Å²) in [5.41, 5.74) is 2.67. The van der Waals surface area contributed by atoms with Gasteiger partial charge in [0, 0.05) is 72.4 Å². The highest BCUT2D eigenvalue weighted by Gasteiger charge is 2.49. The van der Waals surface area contributed by atoms with Crippen LogP contribution in [0.3, 0.4) is 0 Å². The lowest BCUT2D eigenvalue weighted by molar-refractivity contribution is -0.137. The Hall–Kier alpha value is -3.63. The number of amides is 1. The summed E-state index contributed by atoms with van der Waals surface area (Å²) in [5, 5.41) is 11.2. The average Bonchev–Trinajstić information content (AvgIpc) is 3.25. The zero-order valence-electron chi connectivity index (χ0n) is 23.0. The molecule has 1 amide bonds. The van der Waals surface area contributed by atoms with Crippen molar-refractivity contribution in [3.8, 4) is 16.9 Å². The summed E-state index contributed by atoms with van der Waals surface area (Å²) >= 11 is 2.33. The summed E-state index contributed by atoms with van der Waals surface area (Å²) in [6.45, 7) is 4.72. The molecule has 5 heterocycles. The highest BCUT2D eigenvalue weighted by atomic mass is 32.2. The molecule has 0 aliphatic carbocycles. The van der Waals surface area contributed by atoms with Crippen LogP contribution in [0.1, 0.15) is 11.1 Å². The zero-order valence-corrected chi connectivity index (χ0v) is 24.6. The summed E-state index contributed by atoms with van der Waals surface area (Å²) in [7, 11) is 0. The minimum atomic E-state index is -5.02. The molecule has 232 valence electrons. The number of hydrogen-bond acceptors (Lipinski definition) is 10.